The van der Waals surface area contributed by atoms with E-state index in [0.717, 1.165) is 4.78 Å². The van der Waals surface area contributed by atoms with Gasteiger partial charge in [0.05, 0.1) is 11.2 Å². The zero-order valence-corrected chi connectivity index (χ0v) is 13.2. The molecular weight excluding hydrogens is 275 g/mol. The van der Waals surface area contributed by atoms with Gasteiger partial charge in [-0.3, -0.25) is 0 Å². The van der Waals surface area contributed by atoms with Crippen molar-refractivity contribution in [2.24, 2.45) is 0 Å². The largest absolute Gasteiger partial charge is 0.505 e. The molecule has 0 unspecified atom stereocenters. The van der Waals surface area contributed by atoms with E-state index in [1.54, 1.807) is 22.7 Å². The van der Waals surface area contributed by atoms with E-state index in [-0.39, 0.29) is 18.3 Å². The fourth-order valence-electron chi connectivity index (χ4n) is 1.99. The molecule has 0 spiro atoms. The number of thiophene rings is 2. The highest BCUT2D eigenvalue weighted by Gasteiger charge is 2.52. The molecule has 19 heavy (non-hydrogen) atoms. The van der Waals surface area contributed by atoms with Gasteiger partial charge in [0.2, 0.25) is 0 Å². The summed E-state index contributed by atoms with van der Waals surface area (Å²) in [6, 6.07) is 8.48. The van der Waals surface area contributed by atoms with Gasteiger partial charge < -0.3 is 9.31 Å². The molecule has 0 aromatic carbocycles. The molecule has 100 valence electrons. The summed E-state index contributed by atoms with van der Waals surface area (Å²) < 4.78 is 13.3. The highest BCUT2D eigenvalue weighted by Crippen LogP contribution is 2.37. The van der Waals surface area contributed by atoms with Gasteiger partial charge in [-0.2, -0.15) is 0 Å². The molecule has 5 heteroatoms. The van der Waals surface area contributed by atoms with E-state index >= 15 is 0 Å². The van der Waals surface area contributed by atoms with Crippen LogP contribution in [0.3, 0.4) is 0 Å². The van der Waals surface area contributed by atoms with E-state index in [4.69, 9.17) is 9.31 Å². The molecule has 1 saturated heterocycles. The van der Waals surface area contributed by atoms with Crippen LogP contribution in [0.25, 0.3) is 9.75 Å². The third-order valence-corrected chi connectivity index (χ3v) is 6.05. The van der Waals surface area contributed by atoms with Crippen molar-refractivity contribution in [1.82, 2.24) is 0 Å². The fraction of sp³-hybridized carbons (Fsp3) is 0.429. The molecule has 2 nitrogen and oxygen atoms in total. The second-order valence-electron chi connectivity index (χ2n) is 5.77. The van der Waals surface area contributed by atoms with Crippen LogP contribution in [0.4, 0.5) is 0 Å². The van der Waals surface area contributed by atoms with Crippen LogP contribution in [-0.2, 0) is 9.31 Å². The molecule has 2 aromatic heterocycles. The number of hydrogen-bond acceptors (Lipinski definition) is 4. The molecule has 0 radical (unpaired) electrons. The smallest absolute Gasteiger partial charge is 0.399 e. The molecule has 1 aliphatic rings. The maximum atomic E-state index is 6.07. The highest BCUT2D eigenvalue weighted by molar-refractivity contribution is 7.27. The Morgan fingerprint density at radius 1 is 0.947 bits per heavy atom. The Hall–Kier alpha value is -0.615. The first-order chi connectivity index (χ1) is 8.89. The molecule has 1 fully saturated rings. The molecule has 3 rings (SSSR count). The van der Waals surface area contributed by atoms with Crippen LogP contribution in [0.2, 0.25) is 0 Å². The normalized spacial score (nSPS) is 20.9. The van der Waals surface area contributed by atoms with Crippen LogP contribution >= 0.6 is 22.7 Å². The van der Waals surface area contributed by atoms with E-state index in [0.29, 0.717) is 0 Å². The lowest BCUT2D eigenvalue weighted by Crippen LogP contribution is -2.41. The zero-order valence-electron chi connectivity index (χ0n) is 11.6. The molecule has 0 N–H and O–H groups in total. The van der Waals surface area contributed by atoms with Crippen molar-refractivity contribution in [3.63, 3.8) is 0 Å². The zero-order chi connectivity index (χ0) is 13.7. The summed E-state index contributed by atoms with van der Waals surface area (Å²) in [6.45, 7) is 8.34. The van der Waals surface area contributed by atoms with Crippen molar-refractivity contribution in [2.45, 2.75) is 38.9 Å². The summed E-state index contributed by atoms with van der Waals surface area (Å²) in [5, 5.41) is 2.10. The molecule has 2 aromatic rings. The van der Waals surface area contributed by atoms with Crippen LogP contribution in [0, 0.1) is 0 Å². The Morgan fingerprint density at radius 3 is 2.21 bits per heavy atom. The molecular formula is C14H17BO2S2. The van der Waals surface area contributed by atoms with Gasteiger partial charge in [-0.1, -0.05) is 12.1 Å². The third kappa shape index (κ3) is 2.29. The predicted octanol–water partition coefficient (Wildman–Crippen LogP) is 3.78. The van der Waals surface area contributed by atoms with Gasteiger partial charge in [0.15, 0.2) is 0 Å². The molecule has 0 atom stereocenters. The van der Waals surface area contributed by atoms with Crippen LogP contribution in [0.5, 0.6) is 0 Å². The SMILES string of the molecule is CC1(C)OB(c2ccc(-c3cccs3)s2)OC1(C)C. The van der Waals surface area contributed by atoms with Crippen molar-refractivity contribution in [3.8, 4) is 9.75 Å². The van der Waals surface area contributed by atoms with Crippen molar-refractivity contribution >= 4 is 34.6 Å². The Kier molecular flexibility index (Phi) is 3.13. The minimum absolute atomic E-state index is 0.247. The fourth-order valence-corrected chi connectivity index (χ4v) is 3.79. The maximum absolute atomic E-state index is 6.07. The van der Waals surface area contributed by atoms with Crippen LogP contribution < -0.4 is 4.78 Å². The summed E-state index contributed by atoms with van der Waals surface area (Å²) in [5.41, 5.74) is -0.546. The van der Waals surface area contributed by atoms with E-state index < -0.39 is 0 Å². The lowest BCUT2D eigenvalue weighted by atomic mass is 9.88. The lowest BCUT2D eigenvalue weighted by Gasteiger charge is -2.32. The average Bonchev–Trinajstić information content (AvgIpc) is 3.00. The number of rotatable bonds is 2. The van der Waals surface area contributed by atoms with Crippen molar-refractivity contribution in [1.29, 1.82) is 0 Å². The van der Waals surface area contributed by atoms with Gasteiger partial charge in [-0.05, 0) is 45.2 Å². The van der Waals surface area contributed by atoms with Gasteiger partial charge in [0.25, 0.3) is 0 Å². The molecule has 0 saturated carbocycles. The standard InChI is InChI=1S/C14H17BO2S2/c1-13(2)14(3,4)17-15(16-13)12-8-7-11(19-12)10-6-5-9-18-10/h5-9H,1-4H3. The summed E-state index contributed by atoms with van der Waals surface area (Å²) in [4.78, 5) is 2.58. The highest BCUT2D eigenvalue weighted by atomic mass is 32.1. The van der Waals surface area contributed by atoms with E-state index in [1.807, 2.05) is 0 Å². The molecule has 0 amide bonds. The van der Waals surface area contributed by atoms with Gasteiger partial charge in [-0.25, -0.2) is 0 Å². The first-order valence-electron chi connectivity index (χ1n) is 6.38. The van der Waals surface area contributed by atoms with Gasteiger partial charge >= 0.3 is 7.12 Å². The monoisotopic (exact) mass is 292 g/mol. The third-order valence-electron chi connectivity index (χ3n) is 3.88. The van der Waals surface area contributed by atoms with Gasteiger partial charge in [-0.15, -0.1) is 22.7 Å². The first kappa shape index (κ1) is 13.4. The Balaban J connectivity index is 1.85. The van der Waals surface area contributed by atoms with E-state index in [1.165, 1.54) is 9.75 Å². The lowest BCUT2D eigenvalue weighted by molar-refractivity contribution is 0.00578. The van der Waals surface area contributed by atoms with E-state index in [2.05, 4.69) is 57.3 Å². The Labute approximate surface area is 122 Å². The topological polar surface area (TPSA) is 18.5 Å². The minimum atomic E-state index is -0.273. The maximum Gasteiger partial charge on any atom is 0.505 e. The Morgan fingerprint density at radius 2 is 1.63 bits per heavy atom. The Bertz CT molecular complexity index is 556. The van der Waals surface area contributed by atoms with Crippen LogP contribution in [0.1, 0.15) is 27.7 Å². The summed E-state index contributed by atoms with van der Waals surface area (Å²) in [5.74, 6) is 0. The quantitative estimate of drug-likeness (QED) is 0.784. The molecule has 0 bridgehead atoms. The van der Waals surface area contributed by atoms with Gasteiger partial charge in [0, 0.05) is 14.5 Å². The first-order valence-corrected chi connectivity index (χ1v) is 8.08. The molecule has 0 aliphatic carbocycles. The van der Waals surface area contributed by atoms with Crippen LogP contribution in [0.15, 0.2) is 29.6 Å². The summed E-state index contributed by atoms with van der Waals surface area (Å²) >= 11 is 3.51. The van der Waals surface area contributed by atoms with Crippen LogP contribution in [-0.4, -0.2) is 18.3 Å². The molecule has 1 aliphatic heterocycles. The van der Waals surface area contributed by atoms with E-state index in [9.17, 15) is 0 Å². The molecule has 3 heterocycles. The van der Waals surface area contributed by atoms with Crippen molar-refractivity contribution in [2.75, 3.05) is 0 Å². The summed E-state index contributed by atoms with van der Waals surface area (Å²) in [6.07, 6.45) is 0. The van der Waals surface area contributed by atoms with Crippen molar-refractivity contribution < 1.29 is 9.31 Å². The number of hydrogen-bond donors (Lipinski definition) is 0. The van der Waals surface area contributed by atoms with Gasteiger partial charge in [0.1, 0.15) is 0 Å². The average molecular weight is 292 g/mol. The minimum Gasteiger partial charge on any atom is -0.399 e. The second kappa shape index (κ2) is 4.45. The summed E-state index contributed by atoms with van der Waals surface area (Å²) in [7, 11) is -0.247. The predicted molar refractivity (Wildman–Crippen MR) is 83.3 cm³/mol. The second-order valence-corrected chi connectivity index (χ2v) is 7.83. The van der Waals surface area contributed by atoms with Crippen molar-refractivity contribution in [3.05, 3.63) is 29.6 Å².